The van der Waals surface area contributed by atoms with Gasteiger partial charge < -0.3 is 14.5 Å². The van der Waals surface area contributed by atoms with E-state index in [4.69, 9.17) is 26.3 Å². The van der Waals surface area contributed by atoms with Gasteiger partial charge in [0.25, 0.3) is 0 Å². The second kappa shape index (κ2) is 7.08. The molecule has 1 saturated heterocycles. The highest BCUT2D eigenvalue weighted by molar-refractivity contribution is 6.30. The molecule has 3 aromatic rings. The number of piperazine rings is 1. The summed E-state index contributed by atoms with van der Waals surface area (Å²) in [6.07, 6.45) is 0. The summed E-state index contributed by atoms with van der Waals surface area (Å²) in [5, 5.41) is 0.701. The lowest BCUT2D eigenvalue weighted by Crippen LogP contribution is -3.12. The van der Waals surface area contributed by atoms with E-state index in [1.54, 1.807) is 4.90 Å². The monoisotopic (exact) mass is 393 g/mol. The Morgan fingerprint density at radius 2 is 1.79 bits per heavy atom. The fraction of sp³-hybridized carbons (Fsp3) is 0.273. The number of anilines is 1. The zero-order valence-corrected chi connectivity index (χ0v) is 16.5. The first-order valence-electron chi connectivity index (χ1n) is 9.64. The Hall–Kier alpha value is -2.63. The van der Waals surface area contributed by atoms with Crippen LogP contribution < -0.4 is 14.5 Å². The molecule has 0 radical (unpaired) electrons. The Labute approximate surface area is 169 Å². The highest BCUT2D eigenvalue weighted by Crippen LogP contribution is 2.40. The summed E-state index contributed by atoms with van der Waals surface area (Å²) < 4.78 is 6.01. The van der Waals surface area contributed by atoms with Crippen LogP contribution in [-0.2, 0) is 6.61 Å². The molecule has 6 heteroatoms. The summed E-state index contributed by atoms with van der Waals surface area (Å²) in [4.78, 5) is 13.8. The van der Waals surface area contributed by atoms with Crippen molar-refractivity contribution in [1.82, 2.24) is 9.97 Å². The van der Waals surface area contributed by atoms with E-state index in [2.05, 4.69) is 18.0 Å². The summed E-state index contributed by atoms with van der Waals surface area (Å²) in [5.41, 5.74) is 4.91. The van der Waals surface area contributed by atoms with Crippen molar-refractivity contribution in [3.8, 4) is 28.3 Å². The molecule has 0 spiro atoms. The minimum atomic E-state index is 0.460. The van der Waals surface area contributed by atoms with Crippen LogP contribution in [0.25, 0.3) is 22.5 Å². The number of likely N-dealkylation sites (N-methyl/N-ethyl adjacent to an activating group) is 1. The molecule has 0 atom stereocenters. The average Bonchev–Trinajstić information content (AvgIpc) is 2.73. The van der Waals surface area contributed by atoms with Crippen molar-refractivity contribution in [2.45, 2.75) is 6.61 Å². The van der Waals surface area contributed by atoms with Crippen molar-refractivity contribution in [3.05, 3.63) is 59.1 Å². The number of para-hydroxylation sites is 1. The SMILES string of the molecule is C[NH+]1CCN(c2nc(-c3cccc(Cl)c3)c3c(n2)-c2ccccc2OC3)CC1. The van der Waals surface area contributed by atoms with Gasteiger partial charge in [-0.1, -0.05) is 35.9 Å². The van der Waals surface area contributed by atoms with Gasteiger partial charge in [0.15, 0.2) is 0 Å². The van der Waals surface area contributed by atoms with E-state index in [0.717, 1.165) is 66.0 Å². The molecule has 2 aliphatic heterocycles. The van der Waals surface area contributed by atoms with Crippen LogP contribution in [0.1, 0.15) is 5.56 Å². The maximum absolute atomic E-state index is 6.28. The van der Waals surface area contributed by atoms with E-state index in [1.807, 2.05) is 42.5 Å². The third kappa shape index (κ3) is 3.11. The average molecular weight is 394 g/mol. The normalized spacial score (nSPS) is 16.3. The van der Waals surface area contributed by atoms with Gasteiger partial charge in [-0.25, -0.2) is 9.97 Å². The van der Waals surface area contributed by atoms with Gasteiger partial charge in [-0.05, 0) is 24.3 Å². The van der Waals surface area contributed by atoms with Crippen LogP contribution in [0.3, 0.4) is 0 Å². The molecule has 142 valence electrons. The van der Waals surface area contributed by atoms with Crippen LogP contribution in [0.15, 0.2) is 48.5 Å². The van der Waals surface area contributed by atoms with E-state index in [0.29, 0.717) is 11.6 Å². The van der Waals surface area contributed by atoms with E-state index in [9.17, 15) is 0 Å². The Bertz CT molecular complexity index is 1030. The molecule has 0 saturated carbocycles. The van der Waals surface area contributed by atoms with Gasteiger partial charge >= 0.3 is 0 Å². The predicted molar refractivity (Wildman–Crippen MR) is 111 cm³/mol. The fourth-order valence-corrected chi connectivity index (χ4v) is 4.06. The van der Waals surface area contributed by atoms with Crippen molar-refractivity contribution in [2.24, 2.45) is 0 Å². The minimum Gasteiger partial charge on any atom is -0.488 e. The first kappa shape index (κ1) is 17.5. The number of hydrogen-bond acceptors (Lipinski definition) is 4. The third-order valence-corrected chi connectivity index (χ3v) is 5.74. The van der Waals surface area contributed by atoms with Crippen LogP contribution >= 0.6 is 11.6 Å². The van der Waals surface area contributed by atoms with Crippen molar-refractivity contribution in [1.29, 1.82) is 0 Å². The first-order valence-corrected chi connectivity index (χ1v) is 10.0. The molecule has 5 nitrogen and oxygen atoms in total. The van der Waals surface area contributed by atoms with Gasteiger partial charge in [0.1, 0.15) is 12.4 Å². The molecular formula is C22H22ClN4O+. The van der Waals surface area contributed by atoms with E-state index in [1.165, 1.54) is 0 Å². The standard InChI is InChI=1S/C22H21ClN4O/c1-26-9-11-27(12-10-26)22-24-20(15-5-4-6-16(23)13-15)18-14-28-19-8-3-2-7-17(19)21(18)25-22/h2-8,13H,9-12,14H2,1H3/p+1. The van der Waals surface area contributed by atoms with E-state index in [-0.39, 0.29) is 0 Å². The number of hydrogen-bond donors (Lipinski definition) is 1. The number of nitrogens with zero attached hydrogens (tertiary/aromatic N) is 3. The molecule has 28 heavy (non-hydrogen) atoms. The predicted octanol–water partition coefficient (Wildman–Crippen LogP) is 2.69. The van der Waals surface area contributed by atoms with Crippen LogP contribution in [0.4, 0.5) is 5.95 Å². The van der Waals surface area contributed by atoms with Crippen LogP contribution in [0.2, 0.25) is 5.02 Å². The molecule has 0 unspecified atom stereocenters. The van der Waals surface area contributed by atoms with E-state index >= 15 is 0 Å². The Morgan fingerprint density at radius 1 is 1.00 bits per heavy atom. The zero-order valence-electron chi connectivity index (χ0n) is 15.8. The number of rotatable bonds is 2. The number of ether oxygens (including phenoxy) is 1. The fourth-order valence-electron chi connectivity index (χ4n) is 3.87. The number of halogens is 1. The van der Waals surface area contributed by atoms with Gasteiger partial charge in [0.05, 0.1) is 44.6 Å². The molecule has 5 rings (SSSR count). The maximum Gasteiger partial charge on any atom is 0.226 e. The molecule has 0 bridgehead atoms. The molecule has 1 fully saturated rings. The van der Waals surface area contributed by atoms with Crippen LogP contribution in [0, 0.1) is 0 Å². The van der Waals surface area contributed by atoms with Crippen molar-refractivity contribution >= 4 is 17.5 Å². The number of quaternary nitrogens is 1. The molecule has 2 aromatic carbocycles. The lowest BCUT2D eigenvalue weighted by molar-refractivity contribution is -0.880. The van der Waals surface area contributed by atoms with Gasteiger partial charge in [0, 0.05) is 21.7 Å². The van der Waals surface area contributed by atoms with Gasteiger partial charge in [-0.2, -0.15) is 0 Å². The van der Waals surface area contributed by atoms with E-state index < -0.39 is 0 Å². The summed E-state index contributed by atoms with van der Waals surface area (Å²) in [7, 11) is 2.23. The van der Waals surface area contributed by atoms with Crippen molar-refractivity contribution in [3.63, 3.8) is 0 Å². The second-order valence-electron chi connectivity index (χ2n) is 7.44. The summed E-state index contributed by atoms with van der Waals surface area (Å²) in [5.74, 6) is 1.66. The molecule has 0 amide bonds. The molecule has 3 heterocycles. The van der Waals surface area contributed by atoms with Crippen molar-refractivity contribution in [2.75, 3.05) is 38.1 Å². The summed E-state index contributed by atoms with van der Waals surface area (Å²) >= 11 is 6.28. The number of benzene rings is 2. The third-order valence-electron chi connectivity index (χ3n) is 5.51. The molecular weight excluding hydrogens is 372 g/mol. The highest BCUT2D eigenvalue weighted by Gasteiger charge is 2.27. The zero-order chi connectivity index (χ0) is 19.1. The quantitative estimate of drug-likeness (QED) is 0.727. The van der Waals surface area contributed by atoms with Crippen molar-refractivity contribution < 1.29 is 9.64 Å². The highest BCUT2D eigenvalue weighted by atomic mass is 35.5. The molecule has 1 aromatic heterocycles. The molecule has 0 aliphatic carbocycles. The van der Waals surface area contributed by atoms with Gasteiger partial charge in [-0.3, -0.25) is 0 Å². The lowest BCUT2D eigenvalue weighted by Gasteiger charge is -2.31. The Morgan fingerprint density at radius 3 is 2.61 bits per heavy atom. The molecule has 2 aliphatic rings. The number of aromatic nitrogens is 2. The number of nitrogens with one attached hydrogen (secondary N) is 1. The summed E-state index contributed by atoms with van der Waals surface area (Å²) in [6, 6.07) is 15.9. The molecule has 1 N–H and O–H groups in total. The Kier molecular flexibility index (Phi) is 4.41. The summed E-state index contributed by atoms with van der Waals surface area (Å²) in [6.45, 7) is 4.55. The smallest absolute Gasteiger partial charge is 0.226 e. The second-order valence-corrected chi connectivity index (χ2v) is 7.88. The number of fused-ring (bicyclic) bond motifs is 3. The van der Waals surface area contributed by atoms with Gasteiger partial charge in [0.2, 0.25) is 5.95 Å². The van der Waals surface area contributed by atoms with Crippen LogP contribution in [-0.4, -0.2) is 43.2 Å². The first-order chi connectivity index (χ1) is 13.7. The topological polar surface area (TPSA) is 42.7 Å². The maximum atomic E-state index is 6.28. The van der Waals surface area contributed by atoms with Gasteiger partial charge in [-0.15, -0.1) is 0 Å². The Balaban J connectivity index is 1.69. The lowest BCUT2D eigenvalue weighted by atomic mass is 9.98. The van der Waals surface area contributed by atoms with Crippen LogP contribution in [0.5, 0.6) is 5.75 Å². The minimum absolute atomic E-state index is 0.460. The largest absolute Gasteiger partial charge is 0.488 e.